The van der Waals surface area contributed by atoms with E-state index in [4.69, 9.17) is 0 Å². The summed E-state index contributed by atoms with van der Waals surface area (Å²) in [6.45, 7) is 2.24. The van der Waals surface area contributed by atoms with Gasteiger partial charge >= 0.3 is 0 Å². The van der Waals surface area contributed by atoms with E-state index in [1.807, 2.05) is 0 Å². The van der Waals surface area contributed by atoms with Gasteiger partial charge in [0.05, 0.1) is 0 Å². The van der Waals surface area contributed by atoms with Gasteiger partial charge in [0.25, 0.3) is 0 Å². The molecule has 1 atom stereocenters. The highest BCUT2D eigenvalue weighted by Gasteiger charge is 2.18. The first kappa shape index (κ1) is 10.9. The molecular formula is C15H18N+. The molecule has 16 heavy (non-hydrogen) atoms. The molecule has 0 amide bonds. The number of pyridine rings is 1. The van der Waals surface area contributed by atoms with Crippen molar-refractivity contribution in [2.24, 2.45) is 0 Å². The van der Waals surface area contributed by atoms with Crippen molar-refractivity contribution in [3.63, 3.8) is 0 Å². The van der Waals surface area contributed by atoms with Gasteiger partial charge in [0, 0.05) is 24.1 Å². The van der Waals surface area contributed by atoms with Crippen molar-refractivity contribution in [1.29, 1.82) is 0 Å². The Bertz CT molecular complexity index is 368. The SMILES string of the molecule is CCCC(c1ccccc1)[n+]1ccccc1. The summed E-state index contributed by atoms with van der Waals surface area (Å²) >= 11 is 0. The second-order valence-electron chi connectivity index (χ2n) is 4.04. The minimum absolute atomic E-state index is 0.465. The molecule has 1 heterocycles. The van der Waals surface area contributed by atoms with E-state index in [1.54, 1.807) is 0 Å². The molecule has 0 aliphatic carbocycles. The summed E-state index contributed by atoms with van der Waals surface area (Å²) in [4.78, 5) is 0. The van der Waals surface area contributed by atoms with E-state index in [2.05, 4.69) is 72.4 Å². The molecule has 0 N–H and O–H groups in total. The Labute approximate surface area is 97.4 Å². The van der Waals surface area contributed by atoms with Crippen molar-refractivity contribution in [1.82, 2.24) is 0 Å². The second-order valence-corrected chi connectivity index (χ2v) is 4.04. The first-order chi connectivity index (χ1) is 7.92. The normalized spacial score (nSPS) is 12.3. The van der Waals surface area contributed by atoms with Crippen LogP contribution in [-0.4, -0.2) is 0 Å². The van der Waals surface area contributed by atoms with Crippen LogP contribution in [0.4, 0.5) is 0 Å². The van der Waals surface area contributed by atoms with Crippen molar-refractivity contribution in [2.75, 3.05) is 0 Å². The maximum atomic E-state index is 2.29. The van der Waals surface area contributed by atoms with E-state index in [0.717, 1.165) is 0 Å². The van der Waals surface area contributed by atoms with Gasteiger partial charge in [-0.2, -0.15) is 4.57 Å². The van der Waals surface area contributed by atoms with E-state index < -0.39 is 0 Å². The zero-order chi connectivity index (χ0) is 11.2. The fourth-order valence-electron chi connectivity index (χ4n) is 2.06. The lowest BCUT2D eigenvalue weighted by molar-refractivity contribution is -0.714. The third-order valence-corrected chi connectivity index (χ3v) is 2.84. The summed E-state index contributed by atoms with van der Waals surface area (Å²) in [7, 11) is 0. The number of aromatic nitrogens is 1. The van der Waals surface area contributed by atoms with Crippen molar-refractivity contribution in [2.45, 2.75) is 25.8 Å². The molecule has 0 fully saturated rings. The van der Waals surface area contributed by atoms with E-state index in [0.29, 0.717) is 6.04 Å². The Hall–Kier alpha value is -1.63. The van der Waals surface area contributed by atoms with Gasteiger partial charge in [0.15, 0.2) is 18.4 Å². The third kappa shape index (κ3) is 2.48. The fraction of sp³-hybridized carbons (Fsp3) is 0.267. The van der Waals surface area contributed by atoms with Crippen LogP contribution in [0.15, 0.2) is 60.9 Å². The van der Waals surface area contributed by atoms with Crippen LogP contribution < -0.4 is 4.57 Å². The van der Waals surface area contributed by atoms with Crippen molar-refractivity contribution < 1.29 is 4.57 Å². The summed E-state index contributed by atoms with van der Waals surface area (Å²) in [5.74, 6) is 0. The molecule has 82 valence electrons. The zero-order valence-corrected chi connectivity index (χ0v) is 9.71. The maximum absolute atomic E-state index is 2.29. The monoisotopic (exact) mass is 212 g/mol. The Morgan fingerprint density at radius 2 is 1.56 bits per heavy atom. The molecule has 0 spiro atoms. The van der Waals surface area contributed by atoms with Crippen molar-refractivity contribution >= 4 is 0 Å². The quantitative estimate of drug-likeness (QED) is 0.684. The average molecular weight is 212 g/mol. The highest BCUT2D eigenvalue weighted by Crippen LogP contribution is 2.17. The van der Waals surface area contributed by atoms with Gasteiger partial charge < -0.3 is 0 Å². The molecular weight excluding hydrogens is 194 g/mol. The molecule has 0 radical (unpaired) electrons. The van der Waals surface area contributed by atoms with Crippen LogP contribution in [0.2, 0.25) is 0 Å². The lowest BCUT2D eigenvalue weighted by Crippen LogP contribution is -2.39. The number of benzene rings is 1. The lowest BCUT2D eigenvalue weighted by atomic mass is 10.0. The molecule has 2 rings (SSSR count). The van der Waals surface area contributed by atoms with E-state index in [9.17, 15) is 0 Å². The zero-order valence-electron chi connectivity index (χ0n) is 9.71. The molecule has 0 bridgehead atoms. The lowest BCUT2D eigenvalue weighted by Gasteiger charge is -2.11. The smallest absolute Gasteiger partial charge is 0.183 e. The number of hydrogen-bond donors (Lipinski definition) is 0. The van der Waals surface area contributed by atoms with E-state index >= 15 is 0 Å². The first-order valence-corrected chi connectivity index (χ1v) is 5.92. The van der Waals surface area contributed by atoms with Gasteiger partial charge in [-0.05, 0) is 6.42 Å². The van der Waals surface area contributed by atoms with Gasteiger partial charge in [-0.25, -0.2) is 0 Å². The van der Waals surface area contributed by atoms with Gasteiger partial charge in [-0.3, -0.25) is 0 Å². The second kappa shape index (κ2) is 5.45. The molecule has 0 saturated heterocycles. The molecule has 0 aliphatic rings. The van der Waals surface area contributed by atoms with Crippen LogP contribution >= 0.6 is 0 Å². The predicted octanol–water partition coefficient (Wildman–Crippen LogP) is 3.36. The van der Waals surface area contributed by atoms with Gasteiger partial charge in [-0.1, -0.05) is 43.3 Å². The van der Waals surface area contributed by atoms with Crippen LogP contribution in [0.5, 0.6) is 0 Å². The molecule has 1 unspecified atom stereocenters. The number of hydrogen-bond acceptors (Lipinski definition) is 0. The molecule has 2 aromatic rings. The van der Waals surface area contributed by atoms with E-state index in [1.165, 1.54) is 18.4 Å². The summed E-state index contributed by atoms with van der Waals surface area (Å²) < 4.78 is 2.29. The first-order valence-electron chi connectivity index (χ1n) is 5.92. The van der Waals surface area contributed by atoms with E-state index in [-0.39, 0.29) is 0 Å². The van der Waals surface area contributed by atoms with Gasteiger partial charge in [0.2, 0.25) is 0 Å². The molecule has 0 saturated carbocycles. The molecule has 0 aliphatic heterocycles. The van der Waals surface area contributed by atoms with Gasteiger partial charge in [-0.15, -0.1) is 0 Å². The fourth-order valence-corrected chi connectivity index (χ4v) is 2.06. The summed E-state index contributed by atoms with van der Waals surface area (Å²) in [5.41, 5.74) is 1.39. The van der Waals surface area contributed by atoms with Crippen LogP contribution in [0.1, 0.15) is 31.4 Å². The summed E-state index contributed by atoms with van der Waals surface area (Å²) in [6, 6.07) is 17.4. The van der Waals surface area contributed by atoms with Crippen LogP contribution in [-0.2, 0) is 0 Å². The topological polar surface area (TPSA) is 3.88 Å². The Morgan fingerprint density at radius 3 is 2.19 bits per heavy atom. The molecule has 1 heteroatoms. The van der Waals surface area contributed by atoms with Gasteiger partial charge in [0.1, 0.15) is 0 Å². The largest absolute Gasteiger partial charge is 0.198 e. The minimum atomic E-state index is 0.465. The highest BCUT2D eigenvalue weighted by molar-refractivity contribution is 5.17. The van der Waals surface area contributed by atoms with Crippen molar-refractivity contribution in [3.05, 3.63) is 66.5 Å². The predicted molar refractivity (Wildman–Crippen MR) is 66.1 cm³/mol. The Kier molecular flexibility index (Phi) is 3.71. The van der Waals surface area contributed by atoms with Crippen LogP contribution in [0.3, 0.4) is 0 Å². The molecule has 1 aromatic heterocycles. The number of rotatable bonds is 4. The number of nitrogens with zero attached hydrogens (tertiary/aromatic N) is 1. The van der Waals surface area contributed by atoms with Crippen molar-refractivity contribution in [3.8, 4) is 0 Å². The maximum Gasteiger partial charge on any atom is 0.183 e. The highest BCUT2D eigenvalue weighted by atomic mass is 15.0. The molecule has 1 aromatic carbocycles. The van der Waals surface area contributed by atoms with Crippen LogP contribution in [0.25, 0.3) is 0 Å². The summed E-state index contributed by atoms with van der Waals surface area (Å²) in [5, 5.41) is 0. The Balaban J connectivity index is 2.31. The van der Waals surface area contributed by atoms with Crippen LogP contribution in [0, 0.1) is 0 Å². The minimum Gasteiger partial charge on any atom is -0.198 e. The Morgan fingerprint density at radius 1 is 0.938 bits per heavy atom. The average Bonchev–Trinajstić information content (AvgIpc) is 2.38. The third-order valence-electron chi connectivity index (χ3n) is 2.84. The molecule has 1 nitrogen and oxygen atoms in total. The summed E-state index contributed by atoms with van der Waals surface area (Å²) in [6.07, 6.45) is 6.67. The standard InChI is InChI=1S/C15H18N/c1-2-9-15(14-10-5-3-6-11-14)16-12-7-4-8-13-16/h3-8,10-13,15H,2,9H2,1H3/q+1.